The van der Waals surface area contributed by atoms with Gasteiger partial charge in [-0.05, 0) is 49.6 Å². The minimum absolute atomic E-state index is 0.00811. The van der Waals surface area contributed by atoms with Gasteiger partial charge >= 0.3 is 0 Å². The quantitative estimate of drug-likeness (QED) is 0.532. The van der Waals surface area contributed by atoms with Crippen molar-refractivity contribution in [2.75, 3.05) is 18.0 Å². The van der Waals surface area contributed by atoms with Crippen LogP contribution in [-0.2, 0) is 11.2 Å². The predicted octanol–water partition coefficient (Wildman–Crippen LogP) is 5.08. The summed E-state index contributed by atoms with van der Waals surface area (Å²) in [5.41, 5.74) is 1.39. The highest BCUT2D eigenvalue weighted by Crippen LogP contribution is 2.45. The van der Waals surface area contributed by atoms with Crippen LogP contribution < -0.4 is 4.90 Å². The van der Waals surface area contributed by atoms with Gasteiger partial charge in [-0.3, -0.25) is 9.78 Å². The Morgan fingerprint density at radius 3 is 2.82 bits per heavy atom. The van der Waals surface area contributed by atoms with Crippen molar-refractivity contribution in [1.29, 1.82) is 0 Å². The predicted molar refractivity (Wildman–Crippen MR) is 125 cm³/mol. The summed E-state index contributed by atoms with van der Waals surface area (Å²) in [5, 5.41) is 10.7. The zero-order valence-corrected chi connectivity index (χ0v) is 18.7. The zero-order valence-electron chi connectivity index (χ0n) is 18.0. The molecule has 2 aliphatic rings. The van der Waals surface area contributed by atoms with Crippen molar-refractivity contribution in [2.45, 2.75) is 31.8 Å². The normalized spacial score (nSPS) is 19.9. The van der Waals surface area contributed by atoms with Crippen LogP contribution >= 0.6 is 11.6 Å². The van der Waals surface area contributed by atoms with Crippen molar-refractivity contribution >= 4 is 34.1 Å². The highest BCUT2D eigenvalue weighted by Gasteiger charge is 2.38. The van der Waals surface area contributed by atoms with Crippen LogP contribution in [0.1, 0.15) is 18.9 Å². The molecule has 170 valence electrons. The van der Waals surface area contributed by atoms with Gasteiger partial charge in [-0.2, -0.15) is 0 Å². The lowest BCUT2D eigenvalue weighted by Crippen LogP contribution is -2.60. The van der Waals surface area contributed by atoms with E-state index < -0.39 is 17.4 Å². The van der Waals surface area contributed by atoms with Gasteiger partial charge < -0.3 is 14.9 Å². The largest absolute Gasteiger partial charge is 0.507 e. The van der Waals surface area contributed by atoms with Crippen LogP contribution in [-0.4, -0.2) is 46.1 Å². The Morgan fingerprint density at radius 2 is 2.09 bits per heavy atom. The summed E-state index contributed by atoms with van der Waals surface area (Å²) in [6.07, 6.45) is 4.56. The number of nitrogens with zero attached hydrogens (tertiary/aromatic N) is 3. The number of fused-ring (bicyclic) bond motifs is 5. The fourth-order valence-electron chi connectivity index (χ4n) is 5.11. The van der Waals surface area contributed by atoms with Crippen LogP contribution in [0.25, 0.3) is 22.0 Å². The van der Waals surface area contributed by atoms with E-state index in [1.54, 1.807) is 12.3 Å². The van der Waals surface area contributed by atoms with Crippen molar-refractivity contribution in [3.8, 4) is 16.9 Å². The number of rotatable bonds is 2. The first-order valence-corrected chi connectivity index (χ1v) is 11.2. The summed E-state index contributed by atoms with van der Waals surface area (Å²) in [4.78, 5) is 20.7. The number of aromatic nitrogens is 1. The van der Waals surface area contributed by atoms with E-state index in [1.165, 1.54) is 18.2 Å². The molecule has 5 nitrogen and oxygen atoms in total. The topological polar surface area (TPSA) is 56.7 Å². The van der Waals surface area contributed by atoms with Gasteiger partial charge in [0.25, 0.3) is 0 Å². The maximum Gasteiger partial charge on any atom is 0.246 e. The Balaban J connectivity index is 1.67. The number of anilines is 1. The Bertz CT molecular complexity index is 1290. The molecule has 3 aromatic rings. The number of carbonyl (C=O) groups is 1. The molecule has 2 aliphatic heterocycles. The second-order valence-corrected chi connectivity index (χ2v) is 9.01. The molecule has 5 rings (SSSR count). The van der Waals surface area contributed by atoms with E-state index in [1.807, 2.05) is 11.8 Å². The minimum atomic E-state index is -0.781. The standard InChI is InChI=1S/C25H22ClF2N3O2/c1-3-20(33)30-12-15-8-7-14-10-29-24-16(25(14)31(15)11-13(30)2)9-17(26)21(23(24)28)22-18(27)5-4-6-19(22)32/h3-6,9-10,13,15,32H,1,7-8,11-12H2,2H3/t13-,15+/m1/s1. The van der Waals surface area contributed by atoms with Gasteiger partial charge in [-0.25, -0.2) is 8.78 Å². The van der Waals surface area contributed by atoms with Crippen molar-refractivity contribution in [3.05, 3.63) is 65.3 Å². The monoisotopic (exact) mass is 469 g/mol. The Labute approximate surface area is 194 Å². The highest BCUT2D eigenvalue weighted by atomic mass is 35.5. The number of pyridine rings is 1. The van der Waals surface area contributed by atoms with Gasteiger partial charge in [-0.1, -0.05) is 24.2 Å². The third kappa shape index (κ3) is 3.33. The summed E-state index contributed by atoms with van der Waals surface area (Å²) in [5.74, 6) is -2.05. The average Bonchev–Trinajstić information content (AvgIpc) is 2.79. The van der Waals surface area contributed by atoms with E-state index in [0.29, 0.717) is 18.5 Å². The molecule has 1 fully saturated rings. The Kier molecular flexibility index (Phi) is 5.24. The third-order valence-electron chi connectivity index (χ3n) is 6.68. The molecule has 0 bridgehead atoms. The van der Waals surface area contributed by atoms with E-state index >= 15 is 4.39 Å². The number of carbonyl (C=O) groups excluding carboxylic acids is 1. The molecule has 1 amide bonds. The van der Waals surface area contributed by atoms with Gasteiger partial charge in [0.2, 0.25) is 5.91 Å². The van der Waals surface area contributed by atoms with Gasteiger partial charge in [-0.15, -0.1) is 0 Å². The smallest absolute Gasteiger partial charge is 0.246 e. The number of piperazine rings is 1. The van der Waals surface area contributed by atoms with E-state index in [9.17, 15) is 14.3 Å². The van der Waals surface area contributed by atoms with E-state index in [-0.39, 0.29) is 39.7 Å². The molecule has 2 aromatic carbocycles. The summed E-state index contributed by atoms with van der Waals surface area (Å²) in [6, 6.07) is 5.38. The maximum absolute atomic E-state index is 15.8. The molecule has 0 aliphatic carbocycles. The number of hydrogen-bond donors (Lipinski definition) is 1. The number of aryl methyl sites for hydroxylation is 1. The molecule has 1 N–H and O–H groups in total. The number of halogens is 3. The van der Waals surface area contributed by atoms with Crippen molar-refractivity contribution in [1.82, 2.24) is 9.88 Å². The molecule has 0 radical (unpaired) electrons. The van der Waals surface area contributed by atoms with Gasteiger partial charge in [0.1, 0.15) is 17.1 Å². The number of benzene rings is 2. The fraction of sp³-hybridized carbons (Fsp3) is 0.280. The molecule has 33 heavy (non-hydrogen) atoms. The Hall–Kier alpha value is -3.19. The summed E-state index contributed by atoms with van der Waals surface area (Å²) in [7, 11) is 0. The molecule has 0 unspecified atom stereocenters. The lowest BCUT2D eigenvalue weighted by molar-refractivity contribution is -0.129. The molecule has 1 saturated heterocycles. The number of amides is 1. The first kappa shape index (κ1) is 21.6. The third-order valence-corrected chi connectivity index (χ3v) is 6.97. The first-order chi connectivity index (χ1) is 15.8. The van der Waals surface area contributed by atoms with Crippen LogP contribution in [0, 0.1) is 11.6 Å². The van der Waals surface area contributed by atoms with Gasteiger partial charge in [0.15, 0.2) is 5.82 Å². The van der Waals surface area contributed by atoms with E-state index in [4.69, 9.17) is 11.6 Å². The number of phenolic OH excluding ortho intramolecular Hbond substituents is 1. The second kappa shape index (κ2) is 7.99. The summed E-state index contributed by atoms with van der Waals surface area (Å²) < 4.78 is 30.3. The van der Waals surface area contributed by atoms with Crippen LogP contribution in [0.15, 0.2) is 43.1 Å². The van der Waals surface area contributed by atoms with E-state index in [2.05, 4.69) is 16.5 Å². The SMILES string of the molecule is C=CC(=O)N1C[C@@H]2CCc3cnc4c(F)c(-c5c(O)cccc5F)c(Cl)cc4c3N2C[C@H]1C. The maximum atomic E-state index is 15.8. The molecule has 2 atom stereocenters. The number of hydrogen-bond acceptors (Lipinski definition) is 4. The molecule has 3 heterocycles. The van der Waals surface area contributed by atoms with Crippen LogP contribution in [0.5, 0.6) is 5.75 Å². The van der Waals surface area contributed by atoms with Gasteiger partial charge in [0, 0.05) is 42.3 Å². The van der Waals surface area contributed by atoms with Crippen LogP contribution in [0.3, 0.4) is 0 Å². The molecule has 0 spiro atoms. The van der Waals surface area contributed by atoms with Crippen molar-refractivity contribution < 1.29 is 18.7 Å². The Morgan fingerprint density at radius 1 is 1.30 bits per heavy atom. The minimum Gasteiger partial charge on any atom is -0.507 e. The summed E-state index contributed by atoms with van der Waals surface area (Å²) >= 11 is 6.49. The highest BCUT2D eigenvalue weighted by molar-refractivity contribution is 6.34. The molecular formula is C25H22ClF2N3O2. The van der Waals surface area contributed by atoms with Crippen LogP contribution in [0.4, 0.5) is 14.5 Å². The summed E-state index contributed by atoms with van der Waals surface area (Å²) in [6.45, 7) is 6.70. The fourth-order valence-corrected chi connectivity index (χ4v) is 5.40. The first-order valence-electron chi connectivity index (χ1n) is 10.8. The average molecular weight is 470 g/mol. The lowest BCUT2D eigenvalue weighted by Gasteiger charge is -2.49. The lowest BCUT2D eigenvalue weighted by atomic mass is 9.90. The molecule has 1 aromatic heterocycles. The number of aromatic hydroxyl groups is 1. The molecule has 0 saturated carbocycles. The van der Waals surface area contributed by atoms with Crippen LogP contribution in [0.2, 0.25) is 5.02 Å². The second-order valence-electron chi connectivity index (χ2n) is 8.60. The zero-order chi connectivity index (χ0) is 23.4. The van der Waals surface area contributed by atoms with Crippen molar-refractivity contribution in [2.24, 2.45) is 0 Å². The van der Waals surface area contributed by atoms with E-state index in [0.717, 1.165) is 30.2 Å². The molecule has 8 heteroatoms. The van der Waals surface area contributed by atoms with Gasteiger partial charge in [0.05, 0.1) is 16.3 Å². The van der Waals surface area contributed by atoms with Crippen molar-refractivity contribution in [3.63, 3.8) is 0 Å². The number of phenols is 1. The molecular weight excluding hydrogens is 448 g/mol.